The van der Waals surface area contributed by atoms with Gasteiger partial charge in [-0.2, -0.15) is 0 Å². The summed E-state index contributed by atoms with van der Waals surface area (Å²) < 4.78 is 0. The lowest BCUT2D eigenvalue weighted by atomic mass is 9.92. The molecule has 3 rings (SSSR count). The molecule has 2 amide bonds. The summed E-state index contributed by atoms with van der Waals surface area (Å²) >= 11 is 7.42. The molecule has 9 heteroatoms. The van der Waals surface area contributed by atoms with E-state index in [0.29, 0.717) is 15.9 Å². The molecular weight excluding hydrogens is 400 g/mol. The number of anilines is 2. The van der Waals surface area contributed by atoms with E-state index in [4.69, 9.17) is 11.6 Å². The zero-order chi connectivity index (χ0) is 20.3. The van der Waals surface area contributed by atoms with Crippen LogP contribution in [0.15, 0.2) is 28.2 Å². The Bertz CT molecular complexity index is 976. The minimum atomic E-state index is -0.923. The van der Waals surface area contributed by atoms with Gasteiger partial charge < -0.3 is 15.6 Å². The van der Waals surface area contributed by atoms with E-state index in [1.54, 1.807) is 18.2 Å². The third-order valence-electron chi connectivity index (χ3n) is 4.44. The molecule has 0 unspecified atom stereocenters. The van der Waals surface area contributed by atoms with Gasteiger partial charge in [0.25, 0.3) is 5.56 Å². The lowest BCUT2D eigenvalue weighted by Gasteiger charge is -2.23. The van der Waals surface area contributed by atoms with Crippen LogP contribution < -0.4 is 16.2 Å². The summed E-state index contributed by atoms with van der Waals surface area (Å²) in [5.41, 5.74) is 1.14. The molecule has 28 heavy (non-hydrogen) atoms. The molecule has 3 N–H and O–H groups in total. The van der Waals surface area contributed by atoms with Gasteiger partial charge in [0.05, 0.1) is 11.5 Å². The number of amides is 2. The van der Waals surface area contributed by atoms with E-state index >= 15 is 0 Å². The molecule has 0 saturated carbocycles. The molecular formula is C19H21ClN4O3S. The highest BCUT2D eigenvalue weighted by Gasteiger charge is 2.34. The van der Waals surface area contributed by atoms with Crippen molar-refractivity contribution < 1.29 is 9.59 Å². The number of nitrogens with zero attached hydrogens (tertiary/aromatic N) is 1. The van der Waals surface area contributed by atoms with Crippen LogP contribution in [-0.2, 0) is 9.59 Å². The number of nitrogens with one attached hydrogen (secondary N) is 3. The van der Waals surface area contributed by atoms with Crippen LogP contribution >= 0.6 is 23.4 Å². The molecule has 2 aromatic rings. The molecule has 0 fully saturated rings. The average molecular weight is 421 g/mol. The number of H-pyrrole nitrogens is 1. The minimum Gasteiger partial charge on any atom is -0.325 e. The summed E-state index contributed by atoms with van der Waals surface area (Å²) in [5.74, 6) is -0.752. The van der Waals surface area contributed by atoms with Crippen molar-refractivity contribution >= 4 is 46.7 Å². The van der Waals surface area contributed by atoms with Crippen LogP contribution in [0.2, 0.25) is 5.02 Å². The van der Waals surface area contributed by atoms with E-state index < -0.39 is 17.4 Å². The highest BCUT2D eigenvalue weighted by Crippen LogP contribution is 2.31. The van der Waals surface area contributed by atoms with Crippen molar-refractivity contribution in [3.63, 3.8) is 0 Å². The summed E-state index contributed by atoms with van der Waals surface area (Å²) in [7, 11) is 0. The minimum absolute atomic E-state index is 0.120. The number of unbranched alkanes of at least 4 members (excludes halogenated alkanes) is 1. The van der Waals surface area contributed by atoms with Gasteiger partial charge in [-0.3, -0.25) is 14.4 Å². The van der Waals surface area contributed by atoms with E-state index in [-0.39, 0.29) is 23.7 Å². The van der Waals surface area contributed by atoms with Gasteiger partial charge in [-0.05, 0) is 31.0 Å². The van der Waals surface area contributed by atoms with Crippen LogP contribution in [0.25, 0.3) is 0 Å². The van der Waals surface area contributed by atoms with Gasteiger partial charge in [0.1, 0.15) is 5.82 Å². The molecule has 0 radical (unpaired) electrons. The predicted molar refractivity (Wildman–Crippen MR) is 111 cm³/mol. The van der Waals surface area contributed by atoms with Crippen molar-refractivity contribution in [1.29, 1.82) is 0 Å². The topological polar surface area (TPSA) is 104 Å². The number of thioether (sulfide) groups is 1. The SMILES string of the molecule is CCCCSc1nc2c(c(=O)[nH]1)[C@H](C(=O)Nc1cc(Cl)ccc1C)CC(=O)N2. The molecule has 7 nitrogen and oxygen atoms in total. The van der Waals surface area contributed by atoms with Gasteiger partial charge in [-0.15, -0.1) is 0 Å². The van der Waals surface area contributed by atoms with Gasteiger partial charge >= 0.3 is 0 Å². The zero-order valence-corrected chi connectivity index (χ0v) is 17.2. The highest BCUT2D eigenvalue weighted by atomic mass is 35.5. The second-order valence-corrected chi connectivity index (χ2v) is 8.11. The van der Waals surface area contributed by atoms with Crippen LogP contribution in [0.3, 0.4) is 0 Å². The first-order chi connectivity index (χ1) is 13.4. The van der Waals surface area contributed by atoms with Crippen molar-refractivity contribution in [2.45, 2.75) is 44.2 Å². The van der Waals surface area contributed by atoms with Gasteiger partial charge in [0.15, 0.2) is 5.16 Å². The Balaban J connectivity index is 1.89. The van der Waals surface area contributed by atoms with E-state index in [1.807, 2.05) is 6.92 Å². The zero-order valence-electron chi connectivity index (χ0n) is 15.6. The van der Waals surface area contributed by atoms with Crippen molar-refractivity contribution in [3.8, 4) is 0 Å². The summed E-state index contributed by atoms with van der Waals surface area (Å²) in [4.78, 5) is 44.7. The van der Waals surface area contributed by atoms with Crippen LogP contribution in [0, 0.1) is 6.92 Å². The smallest absolute Gasteiger partial charge is 0.257 e. The first-order valence-electron chi connectivity index (χ1n) is 9.03. The molecule has 0 aliphatic carbocycles. The number of benzene rings is 1. The van der Waals surface area contributed by atoms with E-state index in [1.165, 1.54) is 11.8 Å². The second-order valence-electron chi connectivity index (χ2n) is 6.59. The number of carbonyl (C=O) groups is 2. The second kappa shape index (κ2) is 8.79. The first-order valence-corrected chi connectivity index (χ1v) is 10.4. The molecule has 1 aromatic heterocycles. The third-order valence-corrected chi connectivity index (χ3v) is 5.63. The molecule has 1 atom stereocenters. The lowest BCUT2D eigenvalue weighted by molar-refractivity contribution is -0.123. The summed E-state index contributed by atoms with van der Waals surface area (Å²) in [6.07, 6.45) is 1.90. The maximum Gasteiger partial charge on any atom is 0.257 e. The van der Waals surface area contributed by atoms with Gasteiger partial charge in [-0.25, -0.2) is 4.98 Å². The summed E-state index contributed by atoms with van der Waals surface area (Å²) in [5, 5.41) is 6.31. The molecule has 0 spiro atoms. The van der Waals surface area contributed by atoms with Crippen LogP contribution in [-0.4, -0.2) is 27.5 Å². The fourth-order valence-corrected chi connectivity index (χ4v) is 4.02. The van der Waals surface area contributed by atoms with E-state index in [9.17, 15) is 14.4 Å². The molecule has 1 aliphatic heterocycles. The van der Waals surface area contributed by atoms with Gasteiger partial charge in [-0.1, -0.05) is 42.8 Å². The van der Waals surface area contributed by atoms with Crippen molar-refractivity contribution in [2.75, 3.05) is 16.4 Å². The number of aryl methyl sites for hydroxylation is 1. The Morgan fingerprint density at radius 2 is 2.18 bits per heavy atom. The quantitative estimate of drug-likeness (QED) is 0.375. The first kappa shape index (κ1) is 20.4. The Morgan fingerprint density at radius 3 is 2.93 bits per heavy atom. The number of fused-ring (bicyclic) bond motifs is 1. The Morgan fingerprint density at radius 1 is 1.39 bits per heavy atom. The number of rotatable bonds is 6. The molecule has 1 aliphatic rings. The largest absolute Gasteiger partial charge is 0.325 e. The fraction of sp³-hybridized carbons (Fsp3) is 0.368. The van der Waals surface area contributed by atoms with Crippen molar-refractivity contribution in [3.05, 3.63) is 44.7 Å². The number of aromatic amines is 1. The Labute approximate surface area is 171 Å². The highest BCUT2D eigenvalue weighted by molar-refractivity contribution is 7.99. The number of hydrogen-bond acceptors (Lipinski definition) is 5. The van der Waals surface area contributed by atoms with Crippen molar-refractivity contribution in [1.82, 2.24) is 9.97 Å². The Hall–Kier alpha value is -2.32. The molecule has 148 valence electrons. The van der Waals surface area contributed by atoms with Gasteiger partial charge in [0.2, 0.25) is 11.8 Å². The van der Waals surface area contributed by atoms with Crippen molar-refractivity contribution in [2.24, 2.45) is 0 Å². The normalized spacial score (nSPS) is 15.7. The number of aromatic nitrogens is 2. The molecule has 2 heterocycles. The average Bonchev–Trinajstić information content (AvgIpc) is 2.64. The fourth-order valence-electron chi connectivity index (χ4n) is 2.90. The monoisotopic (exact) mass is 420 g/mol. The third kappa shape index (κ3) is 4.56. The maximum absolute atomic E-state index is 12.9. The molecule has 0 bridgehead atoms. The lowest BCUT2D eigenvalue weighted by Crippen LogP contribution is -2.36. The molecule has 1 aromatic carbocycles. The predicted octanol–water partition coefficient (Wildman–Crippen LogP) is 3.69. The van der Waals surface area contributed by atoms with E-state index in [0.717, 1.165) is 24.2 Å². The summed E-state index contributed by atoms with van der Waals surface area (Å²) in [6, 6.07) is 5.14. The molecule has 0 saturated heterocycles. The number of halogens is 1. The van der Waals surface area contributed by atoms with Crippen LogP contribution in [0.4, 0.5) is 11.5 Å². The number of carbonyl (C=O) groups excluding carboxylic acids is 2. The standard InChI is InChI=1S/C19H21ClN4O3S/c1-3-4-7-28-19-23-16-15(18(27)24-19)12(9-14(25)22-16)17(26)21-13-8-11(20)6-5-10(13)2/h5-6,8,12H,3-4,7,9H2,1-2H3,(H,21,26)(H2,22,23,24,25,27)/t12-/m1/s1. The Kier molecular flexibility index (Phi) is 6.41. The van der Waals surface area contributed by atoms with E-state index in [2.05, 4.69) is 27.5 Å². The van der Waals surface area contributed by atoms with Crippen LogP contribution in [0.1, 0.15) is 43.2 Å². The summed E-state index contributed by atoms with van der Waals surface area (Å²) in [6.45, 7) is 3.91. The van der Waals surface area contributed by atoms with Crippen LogP contribution in [0.5, 0.6) is 0 Å². The van der Waals surface area contributed by atoms with Gasteiger partial charge in [0, 0.05) is 22.9 Å². The number of hydrogen-bond donors (Lipinski definition) is 3. The maximum atomic E-state index is 12.9.